The van der Waals surface area contributed by atoms with E-state index in [2.05, 4.69) is 30.0 Å². The molecule has 1 aromatic rings. The summed E-state index contributed by atoms with van der Waals surface area (Å²) in [6.45, 7) is 11.8. The zero-order chi connectivity index (χ0) is 27.6. The van der Waals surface area contributed by atoms with Crippen molar-refractivity contribution in [2.75, 3.05) is 19.9 Å². The van der Waals surface area contributed by atoms with Crippen molar-refractivity contribution in [3.05, 3.63) is 34.9 Å². The second kappa shape index (κ2) is 9.51. The highest BCUT2D eigenvalue weighted by Crippen LogP contribution is 2.56. The largest absolute Gasteiger partial charge is 0.463 e. The molecule has 1 aliphatic carbocycles. The number of carbonyl (C=O) groups excluding carboxylic acids is 2. The summed E-state index contributed by atoms with van der Waals surface area (Å²) in [6, 6.07) is 4.21. The average molecular weight is 540 g/mol. The number of hydrogen-bond donors (Lipinski definition) is 0. The first kappa shape index (κ1) is 26.6. The van der Waals surface area contributed by atoms with Crippen LogP contribution in [0.3, 0.4) is 0 Å². The number of ether oxygens (including phenoxy) is 5. The van der Waals surface area contributed by atoms with Crippen LogP contribution in [0.1, 0.15) is 90.2 Å². The van der Waals surface area contributed by atoms with Crippen LogP contribution < -0.4 is 9.47 Å². The fraction of sp³-hybridized carbons (Fsp3) is 0.677. The van der Waals surface area contributed by atoms with Gasteiger partial charge in [0.2, 0.25) is 6.79 Å². The zero-order valence-corrected chi connectivity index (χ0v) is 23.8. The minimum atomic E-state index is -1.37. The van der Waals surface area contributed by atoms with Gasteiger partial charge in [-0.15, -0.1) is 0 Å². The van der Waals surface area contributed by atoms with Gasteiger partial charge in [-0.3, -0.25) is 9.69 Å². The molecule has 1 unspecified atom stereocenters. The van der Waals surface area contributed by atoms with Gasteiger partial charge in [0.25, 0.3) is 0 Å². The number of rotatable bonds is 5. The Hall–Kier alpha value is -2.58. The maximum atomic E-state index is 14.2. The van der Waals surface area contributed by atoms with Gasteiger partial charge >= 0.3 is 11.9 Å². The maximum absolute atomic E-state index is 14.2. The highest BCUT2D eigenvalue weighted by molar-refractivity contribution is 5.86. The number of hydrogen-bond acceptors (Lipinski definition) is 8. The Kier molecular flexibility index (Phi) is 6.50. The van der Waals surface area contributed by atoms with Crippen LogP contribution >= 0.6 is 0 Å². The molecule has 1 spiro atoms. The van der Waals surface area contributed by atoms with Gasteiger partial charge in [0.15, 0.2) is 17.1 Å². The second-order valence-electron chi connectivity index (χ2n) is 12.9. The van der Waals surface area contributed by atoms with Crippen LogP contribution in [0.15, 0.2) is 23.8 Å². The van der Waals surface area contributed by atoms with Crippen molar-refractivity contribution in [1.82, 2.24) is 4.90 Å². The molecule has 1 aromatic carbocycles. The monoisotopic (exact) mass is 539 g/mol. The minimum absolute atomic E-state index is 0.0767. The molecule has 4 aliphatic heterocycles. The Bertz CT molecular complexity index is 1210. The van der Waals surface area contributed by atoms with E-state index in [0.29, 0.717) is 6.42 Å². The van der Waals surface area contributed by atoms with E-state index in [0.717, 1.165) is 67.8 Å². The number of carbonyl (C=O) groups is 2. The summed E-state index contributed by atoms with van der Waals surface area (Å²) in [4.78, 5) is 29.7. The van der Waals surface area contributed by atoms with Crippen LogP contribution in [0, 0.1) is 0 Å². The summed E-state index contributed by atoms with van der Waals surface area (Å²) in [7, 11) is 0. The van der Waals surface area contributed by atoms with Gasteiger partial charge < -0.3 is 23.7 Å². The highest BCUT2D eigenvalue weighted by atomic mass is 16.7. The summed E-state index contributed by atoms with van der Waals surface area (Å²) in [5, 5.41) is 0. The number of esters is 2. The molecule has 8 heteroatoms. The lowest BCUT2D eigenvalue weighted by Gasteiger charge is -2.44. The van der Waals surface area contributed by atoms with E-state index in [1.54, 1.807) is 0 Å². The molecule has 5 aliphatic rings. The predicted molar refractivity (Wildman–Crippen MR) is 144 cm³/mol. The van der Waals surface area contributed by atoms with E-state index in [1.165, 1.54) is 5.56 Å². The molecule has 0 saturated carbocycles. The van der Waals surface area contributed by atoms with E-state index in [1.807, 2.05) is 27.7 Å². The van der Waals surface area contributed by atoms with Gasteiger partial charge in [-0.25, -0.2) is 4.79 Å². The molecular weight excluding hydrogens is 498 g/mol. The molecule has 2 saturated heterocycles. The highest BCUT2D eigenvalue weighted by Gasteiger charge is 2.58. The van der Waals surface area contributed by atoms with Crippen molar-refractivity contribution in [3.63, 3.8) is 0 Å². The smallest absolute Gasteiger partial charge is 0.339 e. The molecule has 6 rings (SSSR count). The fourth-order valence-corrected chi connectivity index (χ4v) is 7.73. The molecule has 8 nitrogen and oxygen atoms in total. The van der Waals surface area contributed by atoms with E-state index >= 15 is 0 Å². The van der Waals surface area contributed by atoms with Gasteiger partial charge in [0.1, 0.15) is 6.10 Å². The summed E-state index contributed by atoms with van der Waals surface area (Å²) in [6.07, 6.45) is 6.46. The Labute approximate surface area is 230 Å². The maximum Gasteiger partial charge on any atom is 0.339 e. The summed E-state index contributed by atoms with van der Waals surface area (Å²) in [5.74, 6) is 0.537. The van der Waals surface area contributed by atoms with Gasteiger partial charge in [-0.05, 0) is 109 Å². The van der Waals surface area contributed by atoms with Crippen LogP contribution in [0.25, 0.3) is 0 Å². The van der Waals surface area contributed by atoms with Crippen molar-refractivity contribution >= 4 is 11.9 Å². The third-order valence-electron chi connectivity index (χ3n) is 9.22. The molecule has 39 heavy (non-hydrogen) atoms. The lowest BCUT2D eigenvalue weighted by atomic mass is 9.77. The summed E-state index contributed by atoms with van der Waals surface area (Å²) >= 11 is 0. The Morgan fingerprint density at radius 3 is 2.59 bits per heavy atom. The third kappa shape index (κ3) is 4.53. The Morgan fingerprint density at radius 1 is 1.08 bits per heavy atom. The first-order valence-corrected chi connectivity index (χ1v) is 14.5. The molecule has 0 aromatic heterocycles. The molecule has 2 fully saturated rings. The Balaban J connectivity index is 1.37. The van der Waals surface area contributed by atoms with Crippen LogP contribution in [-0.4, -0.2) is 65.7 Å². The normalized spacial score (nSPS) is 32.6. The quantitative estimate of drug-likeness (QED) is 0.389. The second-order valence-corrected chi connectivity index (χ2v) is 12.9. The number of nitrogens with zero attached hydrogens (tertiary/aromatic N) is 1. The van der Waals surface area contributed by atoms with Gasteiger partial charge in [-0.1, -0.05) is 6.08 Å². The van der Waals surface area contributed by atoms with Crippen LogP contribution in [0.2, 0.25) is 0 Å². The fourth-order valence-electron chi connectivity index (χ4n) is 7.73. The van der Waals surface area contributed by atoms with Crippen LogP contribution in [-0.2, 0) is 30.2 Å². The van der Waals surface area contributed by atoms with Crippen LogP contribution in [0.5, 0.6) is 11.5 Å². The SMILES string of the molecule is CC1=C[C@@]23CCCN2CCc2cc4c(cc2[C@@H]3C1OC(=O)[C@@]1(CC(=O)OC(C)C)CCCC(C)(C)O1)OCO4. The standard InChI is InChI=1S/C31H41NO7/c1-19(2)37-25(33)17-31(11-6-9-29(4,5)39-31)28(34)38-27-20(3)16-30-10-7-12-32(30)13-8-21-14-23-24(36-18-35-23)15-22(21)26(27)30/h14-16,19,26-27H,6-13,17-18H2,1-5H3/t26-,27?,30-,31+/m1/s1. The van der Waals surface area contributed by atoms with Crippen molar-refractivity contribution in [1.29, 1.82) is 0 Å². The van der Waals surface area contributed by atoms with Crippen molar-refractivity contribution < 1.29 is 33.3 Å². The first-order valence-electron chi connectivity index (χ1n) is 14.5. The van der Waals surface area contributed by atoms with Crippen molar-refractivity contribution in [2.24, 2.45) is 0 Å². The third-order valence-corrected chi connectivity index (χ3v) is 9.22. The lowest BCUT2D eigenvalue weighted by molar-refractivity contribution is -0.216. The van der Waals surface area contributed by atoms with E-state index in [-0.39, 0.29) is 30.8 Å². The molecule has 4 heterocycles. The average Bonchev–Trinajstić information content (AvgIpc) is 3.51. The van der Waals surface area contributed by atoms with Gasteiger partial charge in [0.05, 0.1) is 23.7 Å². The van der Waals surface area contributed by atoms with Crippen molar-refractivity contribution in [3.8, 4) is 11.5 Å². The van der Waals surface area contributed by atoms with Gasteiger partial charge in [-0.2, -0.15) is 0 Å². The molecule has 0 amide bonds. The molecule has 212 valence electrons. The van der Waals surface area contributed by atoms with Crippen LogP contribution in [0.4, 0.5) is 0 Å². The molecular formula is C31H41NO7. The summed E-state index contributed by atoms with van der Waals surface area (Å²) < 4.78 is 29.9. The minimum Gasteiger partial charge on any atom is -0.463 e. The first-order chi connectivity index (χ1) is 18.5. The Morgan fingerprint density at radius 2 is 1.85 bits per heavy atom. The lowest BCUT2D eigenvalue weighted by Crippen LogP contribution is -2.54. The summed E-state index contributed by atoms with van der Waals surface area (Å²) in [5.41, 5.74) is 1.28. The van der Waals surface area contributed by atoms with E-state index in [4.69, 9.17) is 23.7 Å². The van der Waals surface area contributed by atoms with Crippen molar-refractivity contribution in [2.45, 2.75) is 114 Å². The topological polar surface area (TPSA) is 83.5 Å². The molecule has 4 atom stereocenters. The zero-order valence-electron chi connectivity index (χ0n) is 23.8. The molecule has 0 N–H and O–H groups in total. The molecule has 0 radical (unpaired) electrons. The van der Waals surface area contributed by atoms with E-state index in [9.17, 15) is 9.59 Å². The number of fused-ring (bicyclic) bond motifs is 3. The molecule has 0 bridgehead atoms. The number of benzene rings is 1. The van der Waals surface area contributed by atoms with Gasteiger partial charge in [0, 0.05) is 12.5 Å². The van der Waals surface area contributed by atoms with E-state index < -0.39 is 29.2 Å². The predicted octanol–water partition coefficient (Wildman–Crippen LogP) is 4.82.